The zero-order valence-corrected chi connectivity index (χ0v) is 13.6. The second-order valence-corrected chi connectivity index (χ2v) is 6.37. The third kappa shape index (κ3) is 2.47. The Morgan fingerprint density at radius 3 is 2.48 bits per heavy atom. The van der Waals surface area contributed by atoms with E-state index < -0.39 is 36.4 Å². The van der Waals surface area contributed by atoms with Gasteiger partial charge in [-0.05, 0) is 25.8 Å². The highest BCUT2D eigenvalue weighted by Gasteiger charge is 2.64. The highest BCUT2D eigenvalue weighted by atomic mass is 19.4. The summed E-state index contributed by atoms with van der Waals surface area (Å²) < 4.78 is 45.4. The highest BCUT2D eigenvalue weighted by molar-refractivity contribution is 6.00. The number of furan rings is 1. The van der Waals surface area contributed by atoms with Crippen molar-refractivity contribution < 1.29 is 32.3 Å². The number of aliphatic carboxylic acids is 1. The van der Waals surface area contributed by atoms with Crippen molar-refractivity contribution in [2.45, 2.75) is 26.4 Å². The van der Waals surface area contributed by atoms with E-state index in [1.54, 1.807) is 32.0 Å². The summed E-state index contributed by atoms with van der Waals surface area (Å²) in [6.45, 7) is 2.25. The average Bonchev–Trinajstić information content (AvgIpc) is 3.11. The van der Waals surface area contributed by atoms with Crippen LogP contribution in [0.1, 0.15) is 28.1 Å². The van der Waals surface area contributed by atoms with Gasteiger partial charge in [-0.2, -0.15) is 13.2 Å². The van der Waals surface area contributed by atoms with E-state index in [1.165, 1.54) is 0 Å². The molecule has 1 unspecified atom stereocenters. The lowest BCUT2D eigenvalue weighted by molar-refractivity contribution is -0.227. The van der Waals surface area contributed by atoms with Gasteiger partial charge in [-0.3, -0.25) is 9.59 Å². The van der Waals surface area contributed by atoms with Gasteiger partial charge in [0.1, 0.15) is 5.58 Å². The van der Waals surface area contributed by atoms with E-state index in [-0.39, 0.29) is 12.3 Å². The topological polar surface area (TPSA) is 70.8 Å². The van der Waals surface area contributed by atoms with Crippen LogP contribution in [0, 0.1) is 19.3 Å². The number of likely N-dealkylation sites (tertiary alicyclic amines) is 1. The molecule has 0 spiro atoms. The molecular formula is C17H16F3NO4. The first-order chi connectivity index (χ1) is 11.6. The number of aryl methyl sites for hydroxylation is 2. The number of hydrogen-bond donors (Lipinski definition) is 1. The van der Waals surface area contributed by atoms with Gasteiger partial charge in [0.2, 0.25) is 0 Å². The molecule has 3 rings (SSSR count). The van der Waals surface area contributed by atoms with Crippen molar-refractivity contribution in [3.8, 4) is 0 Å². The molecule has 0 aliphatic carbocycles. The third-order valence-corrected chi connectivity index (χ3v) is 4.86. The fourth-order valence-electron chi connectivity index (χ4n) is 3.24. The summed E-state index contributed by atoms with van der Waals surface area (Å²) in [6.07, 6.45) is -5.61. The largest absolute Gasteiger partial charge is 0.481 e. The number of nitrogens with zero attached hydrogens (tertiary/aromatic N) is 1. The Morgan fingerprint density at radius 1 is 1.28 bits per heavy atom. The summed E-state index contributed by atoms with van der Waals surface area (Å²) in [5.74, 6) is -2.74. The van der Waals surface area contributed by atoms with Gasteiger partial charge >= 0.3 is 12.1 Å². The molecule has 1 N–H and O–H groups in total. The second kappa shape index (κ2) is 5.50. The standard InChI is InChI=1S/C17H16F3NO4/c1-9-4-3-5-11-10(2)13(25-12(9)11)14(22)21-7-6-16(8-21,15(23)24)17(18,19)20/h3-5H,6-8H2,1-2H3,(H,23,24). The Kier molecular flexibility index (Phi) is 3.81. The molecule has 0 saturated carbocycles. The predicted octanol–water partition coefficient (Wildman–Crippen LogP) is 3.53. The van der Waals surface area contributed by atoms with Crippen molar-refractivity contribution in [1.82, 2.24) is 4.90 Å². The first kappa shape index (κ1) is 17.3. The summed E-state index contributed by atoms with van der Waals surface area (Å²) in [7, 11) is 0. The van der Waals surface area contributed by atoms with Crippen LogP contribution in [0.4, 0.5) is 13.2 Å². The number of alkyl halides is 3. The molecule has 1 fully saturated rings. The summed E-state index contributed by atoms with van der Waals surface area (Å²) in [4.78, 5) is 24.8. The van der Waals surface area contributed by atoms with Gasteiger partial charge in [0, 0.05) is 24.0 Å². The Hall–Kier alpha value is -2.51. The van der Waals surface area contributed by atoms with Crippen LogP contribution in [0.15, 0.2) is 22.6 Å². The monoisotopic (exact) mass is 355 g/mol. The van der Waals surface area contributed by atoms with Gasteiger partial charge in [-0.15, -0.1) is 0 Å². The lowest BCUT2D eigenvalue weighted by atomic mass is 9.86. The fraction of sp³-hybridized carbons (Fsp3) is 0.412. The minimum absolute atomic E-state index is 0.0485. The maximum Gasteiger partial charge on any atom is 0.406 e. The summed E-state index contributed by atoms with van der Waals surface area (Å²) >= 11 is 0. The number of halogens is 3. The van der Waals surface area contributed by atoms with Crippen LogP contribution in [0.25, 0.3) is 11.0 Å². The number of carboxylic acid groups (broad SMARTS) is 1. The number of carbonyl (C=O) groups excluding carboxylic acids is 1. The van der Waals surface area contributed by atoms with Crippen molar-refractivity contribution >= 4 is 22.8 Å². The van der Waals surface area contributed by atoms with Crippen molar-refractivity contribution in [2.24, 2.45) is 5.41 Å². The quantitative estimate of drug-likeness (QED) is 0.895. The molecule has 1 aromatic heterocycles. The van der Waals surface area contributed by atoms with E-state index in [0.717, 1.165) is 10.5 Å². The molecular weight excluding hydrogens is 339 g/mol. The molecule has 1 atom stereocenters. The van der Waals surface area contributed by atoms with E-state index in [0.29, 0.717) is 16.5 Å². The molecule has 8 heteroatoms. The van der Waals surface area contributed by atoms with Gasteiger partial charge in [-0.25, -0.2) is 0 Å². The Labute approximate surface area is 141 Å². The summed E-state index contributed by atoms with van der Waals surface area (Å²) in [6, 6.07) is 5.36. The molecule has 5 nitrogen and oxygen atoms in total. The number of benzene rings is 1. The van der Waals surface area contributed by atoms with Crippen LogP contribution in [0.2, 0.25) is 0 Å². The van der Waals surface area contributed by atoms with Crippen LogP contribution in [0.5, 0.6) is 0 Å². The molecule has 1 aliphatic heterocycles. The van der Waals surface area contributed by atoms with Crippen LogP contribution >= 0.6 is 0 Å². The van der Waals surface area contributed by atoms with E-state index in [1.807, 2.05) is 0 Å². The van der Waals surface area contributed by atoms with Crippen molar-refractivity contribution in [1.29, 1.82) is 0 Å². The molecule has 1 amide bonds. The number of carboxylic acids is 1. The molecule has 1 aromatic carbocycles. The third-order valence-electron chi connectivity index (χ3n) is 4.86. The second-order valence-electron chi connectivity index (χ2n) is 6.37. The normalized spacial score (nSPS) is 21.1. The van der Waals surface area contributed by atoms with Crippen LogP contribution in [0.3, 0.4) is 0 Å². The average molecular weight is 355 g/mol. The van der Waals surface area contributed by atoms with Crippen molar-refractivity contribution in [3.05, 3.63) is 35.1 Å². The zero-order chi connectivity index (χ0) is 18.6. The maximum absolute atomic E-state index is 13.3. The Morgan fingerprint density at radius 2 is 1.96 bits per heavy atom. The highest BCUT2D eigenvalue weighted by Crippen LogP contribution is 2.46. The van der Waals surface area contributed by atoms with Gasteiger partial charge in [0.15, 0.2) is 11.2 Å². The van der Waals surface area contributed by atoms with Crippen LogP contribution in [-0.2, 0) is 4.79 Å². The number of hydrogen-bond acceptors (Lipinski definition) is 3. The summed E-state index contributed by atoms with van der Waals surface area (Å²) in [5.41, 5.74) is -1.10. The van der Waals surface area contributed by atoms with Crippen molar-refractivity contribution in [3.63, 3.8) is 0 Å². The van der Waals surface area contributed by atoms with Gasteiger partial charge < -0.3 is 14.4 Å². The minimum atomic E-state index is -4.94. The van der Waals surface area contributed by atoms with E-state index in [2.05, 4.69) is 0 Å². The Balaban J connectivity index is 1.97. The van der Waals surface area contributed by atoms with Gasteiger partial charge in [0.05, 0.1) is 0 Å². The molecule has 1 aliphatic rings. The smallest absolute Gasteiger partial charge is 0.406 e. The number of fused-ring (bicyclic) bond motifs is 1. The molecule has 2 aromatic rings. The molecule has 0 bridgehead atoms. The molecule has 1 saturated heterocycles. The summed E-state index contributed by atoms with van der Waals surface area (Å²) in [5, 5.41) is 9.80. The van der Waals surface area contributed by atoms with Gasteiger partial charge in [0.25, 0.3) is 5.91 Å². The number of rotatable bonds is 2. The Bertz CT molecular complexity index is 871. The minimum Gasteiger partial charge on any atom is -0.481 e. The first-order valence-electron chi connectivity index (χ1n) is 7.66. The van der Waals surface area contributed by atoms with E-state index in [9.17, 15) is 22.8 Å². The van der Waals surface area contributed by atoms with E-state index >= 15 is 0 Å². The van der Waals surface area contributed by atoms with Gasteiger partial charge in [-0.1, -0.05) is 18.2 Å². The molecule has 2 heterocycles. The molecule has 134 valence electrons. The lowest BCUT2D eigenvalue weighted by Crippen LogP contribution is -2.47. The molecule has 25 heavy (non-hydrogen) atoms. The zero-order valence-electron chi connectivity index (χ0n) is 13.6. The number of para-hydroxylation sites is 1. The first-order valence-corrected chi connectivity index (χ1v) is 7.66. The molecule has 0 radical (unpaired) electrons. The number of amides is 1. The lowest BCUT2D eigenvalue weighted by Gasteiger charge is -2.27. The SMILES string of the molecule is Cc1c(C(=O)N2CCC(C(=O)O)(C(F)(F)F)C2)oc2c(C)cccc12. The van der Waals surface area contributed by atoms with E-state index in [4.69, 9.17) is 9.52 Å². The number of carbonyl (C=O) groups is 2. The van der Waals surface area contributed by atoms with Crippen LogP contribution in [-0.4, -0.2) is 41.1 Å². The predicted molar refractivity (Wildman–Crippen MR) is 82.3 cm³/mol. The maximum atomic E-state index is 13.3. The van der Waals surface area contributed by atoms with Crippen molar-refractivity contribution in [2.75, 3.05) is 13.1 Å². The van der Waals surface area contributed by atoms with Crippen LogP contribution < -0.4 is 0 Å². The fourth-order valence-corrected chi connectivity index (χ4v) is 3.24.